The van der Waals surface area contributed by atoms with Gasteiger partial charge in [0.2, 0.25) is 15.9 Å². The Morgan fingerprint density at radius 3 is 2.62 bits per heavy atom. The molecule has 0 bridgehead atoms. The standard InChI is InChI=1S/C23H26N4O4S/c1-17-6-4-5-14-27(17)32(30,31)19-11-9-18(10-12-19)25-22(28)13-15-26-16-24-21-8-3-2-7-20(21)23(26)29/h2-3,7-12,16-17H,4-6,13-15H2,1H3,(H,25,28)/t17-/m0/s1. The normalized spacial score (nSPS) is 17.3. The first kappa shape index (κ1) is 22.2. The second-order valence-electron chi connectivity index (χ2n) is 8.04. The zero-order valence-corrected chi connectivity index (χ0v) is 18.7. The summed E-state index contributed by atoms with van der Waals surface area (Å²) in [4.78, 5) is 29.3. The Hall–Kier alpha value is -3.04. The van der Waals surface area contributed by atoms with Crippen LogP contribution in [-0.4, -0.2) is 40.8 Å². The summed E-state index contributed by atoms with van der Waals surface area (Å²) in [6, 6.07) is 13.3. The van der Waals surface area contributed by atoms with Gasteiger partial charge in [-0.2, -0.15) is 4.31 Å². The van der Waals surface area contributed by atoms with E-state index >= 15 is 0 Å². The lowest BCUT2D eigenvalue weighted by Gasteiger charge is -2.32. The van der Waals surface area contributed by atoms with Gasteiger partial charge in [0.05, 0.1) is 22.1 Å². The van der Waals surface area contributed by atoms with Gasteiger partial charge >= 0.3 is 0 Å². The van der Waals surface area contributed by atoms with Gasteiger partial charge in [-0.25, -0.2) is 13.4 Å². The zero-order chi connectivity index (χ0) is 22.7. The lowest BCUT2D eigenvalue weighted by Crippen LogP contribution is -2.41. The first-order valence-corrected chi connectivity index (χ1v) is 12.2. The molecule has 8 nitrogen and oxygen atoms in total. The number of aromatic nitrogens is 2. The van der Waals surface area contributed by atoms with E-state index in [0.717, 1.165) is 19.3 Å². The summed E-state index contributed by atoms with van der Waals surface area (Å²) in [6.45, 7) is 2.66. The van der Waals surface area contributed by atoms with Crippen LogP contribution in [0.4, 0.5) is 5.69 Å². The second kappa shape index (κ2) is 9.22. The van der Waals surface area contributed by atoms with Crippen molar-refractivity contribution in [3.8, 4) is 0 Å². The fourth-order valence-corrected chi connectivity index (χ4v) is 5.68. The number of rotatable bonds is 6. The molecule has 0 aliphatic carbocycles. The van der Waals surface area contributed by atoms with Crippen LogP contribution < -0.4 is 10.9 Å². The number of carbonyl (C=O) groups excluding carboxylic acids is 1. The second-order valence-corrected chi connectivity index (χ2v) is 9.93. The van der Waals surface area contributed by atoms with E-state index in [-0.39, 0.29) is 35.4 Å². The maximum Gasteiger partial charge on any atom is 0.261 e. The van der Waals surface area contributed by atoms with Crippen molar-refractivity contribution in [3.63, 3.8) is 0 Å². The molecule has 1 N–H and O–H groups in total. The molecule has 1 fully saturated rings. The quantitative estimate of drug-likeness (QED) is 0.617. The fraction of sp³-hybridized carbons (Fsp3) is 0.348. The van der Waals surface area contributed by atoms with Gasteiger partial charge in [0.25, 0.3) is 5.56 Å². The average Bonchev–Trinajstić information content (AvgIpc) is 2.79. The van der Waals surface area contributed by atoms with Crippen molar-refractivity contribution in [1.82, 2.24) is 13.9 Å². The number of piperidine rings is 1. The van der Waals surface area contributed by atoms with Crippen molar-refractivity contribution in [1.29, 1.82) is 0 Å². The monoisotopic (exact) mass is 454 g/mol. The lowest BCUT2D eigenvalue weighted by molar-refractivity contribution is -0.116. The van der Waals surface area contributed by atoms with E-state index in [2.05, 4.69) is 10.3 Å². The molecule has 168 valence electrons. The summed E-state index contributed by atoms with van der Waals surface area (Å²) in [6.07, 6.45) is 4.31. The van der Waals surface area contributed by atoms with Gasteiger partial charge in [0.15, 0.2) is 0 Å². The van der Waals surface area contributed by atoms with Crippen molar-refractivity contribution < 1.29 is 13.2 Å². The number of amides is 1. The van der Waals surface area contributed by atoms with Gasteiger partial charge in [-0.05, 0) is 56.2 Å². The number of anilines is 1. The molecule has 32 heavy (non-hydrogen) atoms. The minimum Gasteiger partial charge on any atom is -0.326 e. The Morgan fingerprint density at radius 1 is 1.12 bits per heavy atom. The summed E-state index contributed by atoms with van der Waals surface area (Å²) in [7, 11) is -3.55. The van der Waals surface area contributed by atoms with Gasteiger partial charge in [0.1, 0.15) is 0 Å². The molecular formula is C23H26N4O4S. The van der Waals surface area contributed by atoms with E-state index in [4.69, 9.17) is 0 Å². The molecule has 2 aromatic carbocycles. The van der Waals surface area contributed by atoms with Crippen LogP contribution in [0.3, 0.4) is 0 Å². The van der Waals surface area contributed by atoms with Crippen LogP contribution in [0.2, 0.25) is 0 Å². The summed E-state index contributed by atoms with van der Waals surface area (Å²) in [5.74, 6) is -0.273. The molecule has 1 saturated heterocycles. The molecular weight excluding hydrogens is 428 g/mol. The van der Waals surface area contributed by atoms with E-state index in [9.17, 15) is 18.0 Å². The van der Waals surface area contributed by atoms with Crippen molar-refractivity contribution in [3.05, 3.63) is 65.2 Å². The number of aryl methyl sites for hydroxylation is 1. The predicted octanol–water partition coefficient (Wildman–Crippen LogP) is 2.99. The van der Waals surface area contributed by atoms with E-state index in [1.807, 2.05) is 13.0 Å². The highest BCUT2D eigenvalue weighted by Crippen LogP contribution is 2.25. The molecule has 0 saturated carbocycles. The Labute approximate surface area is 186 Å². The molecule has 2 heterocycles. The molecule has 0 spiro atoms. The molecule has 4 rings (SSSR count). The molecule has 0 radical (unpaired) electrons. The number of nitrogens with one attached hydrogen (secondary N) is 1. The highest BCUT2D eigenvalue weighted by Gasteiger charge is 2.30. The smallest absolute Gasteiger partial charge is 0.261 e. The number of fused-ring (bicyclic) bond motifs is 1. The largest absolute Gasteiger partial charge is 0.326 e. The molecule has 3 aromatic rings. The third-order valence-electron chi connectivity index (χ3n) is 5.80. The SMILES string of the molecule is C[C@H]1CCCCN1S(=O)(=O)c1ccc(NC(=O)CCn2cnc3ccccc3c2=O)cc1. The van der Waals surface area contributed by atoms with Crippen LogP contribution >= 0.6 is 0 Å². The molecule has 1 atom stereocenters. The number of hydrogen-bond acceptors (Lipinski definition) is 5. The minimum atomic E-state index is -3.55. The average molecular weight is 455 g/mol. The van der Waals surface area contributed by atoms with Crippen LogP contribution in [0.5, 0.6) is 0 Å². The van der Waals surface area contributed by atoms with E-state index in [1.165, 1.54) is 23.0 Å². The third kappa shape index (κ3) is 4.58. The van der Waals surface area contributed by atoms with Crippen LogP contribution in [-0.2, 0) is 21.4 Å². The van der Waals surface area contributed by atoms with Crippen LogP contribution in [0.25, 0.3) is 10.9 Å². The predicted molar refractivity (Wildman–Crippen MR) is 123 cm³/mol. The maximum atomic E-state index is 12.9. The van der Waals surface area contributed by atoms with E-state index < -0.39 is 10.0 Å². The molecule has 1 aliphatic rings. The molecule has 9 heteroatoms. The molecule has 0 unspecified atom stereocenters. The third-order valence-corrected chi connectivity index (χ3v) is 7.83. The summed E-state index contributed by atoms with van der Waals surface area (Å²) in [5, 5.41) is 3.26. The van der Waals surface area contributed by atoms with Crippen LogP contribution in [0.1, 0.15) is 32.6 Å². The fourth-order valence-electron chi connectivity index (χ4n) is 3.99. The summed E-state index contributed by atoms with van der Waals surface area (Å²) >= 11 is 0. The van der Waals surface area contributed by atoms with Gasteiger partial charge in [-0.15, -0.1) is 0 Å². The molecule has 1 aliphatic heterocycles. The molecule has 1 aromatic heterocycles. The van der Waals surface area contributed by atoms with Gasteiger partial charge in [0, 0.05) is 31.2 Å². The highest BCUT2D eigenvalue weighted by atomic mass is 32.2. The Morgan fingerprint density at radius 2 is 1.88 bits per heavy atom. The molecule has 1 amide bonds. The lowest BCUT2D eigenvalue weighted by atomic mass is 10.1. The Balaban J connectivity index is 1.39. The number of nitrogens with zero attached hydrogens (tertiary/aromatic N) is 3. The first-order chi connectivity index (χ1) is 15.4. The maximum absolute atomic E-state index is 12.9. The van der Waals surface area contributed by atoms with E-state index in [0.29, 0.717) is 23.1 Å². The van der Waals surface area contributed by atoms with Crippen molar-refractivity contribution in [2.75, 3.05) is 11.9 Å². The number of para-hydroxylation sites is 1. The topological polar surface area (TPSA) is 101 Å². The zero-order valence-electron chi connectivity index (χ0n) is 17.9. The van der Waals surface area contributed by atoms with Crippen LogP contribution in [0.15, 0.2) is 64.5 Å². The summed E-state index contributed by atoms with van der Waals surface area (Å²) < 4.78 is 28.8. The first-order valence-electron chi connectivity index (χ1n) is 10.7. The van der Waals surface area contributed by atoms with Gasteiger partial charge in [-0.3, -0.25) is 14.2 Å². The summed E-state index contributed by atoms with van der Waals surface area (Å²) in [5.41, 5.74) is 0.932. The minimum absolute atomic E-state index is 0.0128. The van der Waals surface area contributed by atoms with Crippen molar-refractivity contribution in [2.45, 2.75) is 50.1 Å². The highest BCUT2D eigenvalue weighted by molar-refractivity contribution is 7.89. The number of benzene rings is 2. The Kier molecular flexibility index (Phi) is 6.38. The van der Waals surface area contributed by atoms with Crippen molar-refractivity contribution >= 4 is 32.5 Å². The number of sulfonamides is 1. The van der Waals surface area contributed by atoms with Crippen molar-refractivity contribution in [2.24, 2.45) is 0 Å². The van der Waals surface area contributed by atoms with Gasteiger partial charge < -0.3 is 5.32 Å². The van der Waals surface area contributed by atoms with Crippen LogP contribution in [0, 0.1) is 0 Å². The van der Waals surface area contributed by atoms with E-state index in [1.54, 1.807) is 34.6 Å². The Bertz CT molecular complexity index is 1290. The number of hydrogen-bond donors (Lipinski definition) is 1. The number of carbonyl (C=O) groups is 1. The van der Waals surface area contributed by atoms with Gasteiger partial charge in [-0.1, -0.05) is 18.6 Å².